The van der Waals surface area contributed by atoms with Crippen molar-refractivity contribution in [1.82, 2.24) is 4.98 Å². The first-order chi connectivity index (χ1) is 6.47. The molecule has 0 fully saturated rings. The highest BCUT2D eigenvalue weighted by atomic mass is 32.2. The number of pyridine rings is 1. The molecule has 76 valence electrons. The lowest BCUT2D eigenvalue weighted by Crippen LogP contribution is -2.05. The third-order valence-electron chi connectivity index (χ3n) is 1.84. The molecule has 0 atom stereocenters. The molecule has 0 bridgehead atoms. The third-order valence-corrected chi connectivity index (χ3v) is 3.56. The summed E-state index contributed by atoms with van der Waals surface area (Å²) in [5.74, 6) is -0.140. The van der Waals surface area contributed by atoms with Gasteiger partial charge in [0.05, 0.1) is 10.6 Å². The summed E-state index contributed by atoms with van der Waals surface area (Å²) in [5.41, 5.74) is 0.278. The van der Waals surface area contributed by atoms with Crippen LogP contribution >= 0.6 is 0 Å². The van der Waals surface area contributed by atoms with Crippen molar-refractivity contribution in [3.63, 3.8) is 0 Å². The largest absolute Gasteiger partial charge is 0.293 e. The molecule has 0 saturated carbocycles. The Bertz CT molecular complexity index is 434. The summed E-state index contributed by atoms with van der Waals surface area (Å²) in [4.78, 5) is 14.8. The zero-order valence-electron chi connectivity index (χ0n) is 8.02. The zero-order valence-corrected chi connectivity index (χ0v) is 8.84. The fraction of sp³-hybridized carbons (Fsp3) is 0.333. The second-order valence-corrected chi connectivity index (χ2v) is 5.12. The van der Waals surface area contributed by atoms with Gasteiger partial charge in [-0.1, -0.05) is 6.92 Å². The second kappa shape index (κ2) is 3.88. The van der Waals surface area contributed by atoms with E-state index in [0.717, 1.165) is 0 Å². The maximum absolute atomic E-state index is 11.4. The van der Waals surface area contributed by atoms with Crippen molar-refractivity contribution < 1.29 is 13.2 Å². The first-order valence-corrected chi connectivity index (χ1v) is 5.82. The highest BCUT2D eigenvalue weighted by Crippen LogP contribution is 2.09. The molecule has 0 unspecified atom stereocenters. The van der Waals surface area contributed by atoms with Crippen molar-refractivity contribution in [1.29, 1.82) is 0 Å². The molecular weight excluding hydrogens is 202 g/mol. The minimum Gasteiger partial charge on any atom is -0.293 e. The summed E-state index contributed by atoms with van der Waals surface area (Å²) in [5, 5.41) is 0. The smallest absolute Gasteiger partial charge is 0.179 e. The molecule has 1 aromatic heterocycles. The average molecular weight is 213 g/mol. The van der Waals surface area contributed by atoms with Crippen LogP contribution in [0.2, 0.25) is 0 Å². The molecule has 0 amide bonds. The maximum Gasteiger partial charge on any atom is 0.179 e. The van der Waals surface area contributed by atoms with E-state index < -0.39 is 9.84 Å². The Morgan fingerprint density at radius 1 is 1.43 bits per heavy atom. The highest BCUT2D eigenvalue weighted by Gasteiger charge is 2.12. The van der Waals surface area contributed by atoms with Gasteiger partial charge in [-0.25, -0.2) is 8.42 Å². The van der Waals surface area contributed by atoms with Crippen LogP contribution in [0.1, 0.15) is 24.3 Å². The highest BCUT2D eigenvalue weighted by molar-refractivity contribution is 7.91. The van der Waals surface area contributed by atoms with Gasteiger partial charge in [-0.3, -0.25) is 9.78 Å². The first-order valence-electron chi connectivity index (χ1n) is 4.17. The Labute approximate surface area is 82.9 Å². The van der Waals surface area contributed by atoms with Crippen LogP contribution in [0.5, 0.6) is 0 Å². The molecule has 1 heterocycles. The van der Waals surface area contributed by atoms with E-state index in [9.17, 15) is 13.2 Å². The number of rotatable bonds is 3. The summed E-state index contributed by atoms with van der Waals surface area (Å²) in [6.07, 6.45) is 1.22. The normalized spacial score (nSPS) is 11.3. The number of carbonyl (C=O) groups excluding carboxylic acids is 1. The summed E-state index contributed by atoms with van der Waals surface area (Å²) < 4.78 is 22.7. The van der Waals surface area contributed by atoms with Crippen LogP contribution < -0.4 is 0 Å². The third kappa shape index (κ3) is 2.17. The fourth-order valence-corrected chi connectivity index (χ4v) is 1.76. The van der Waals surface area contributed by atoms with Crippen LogP contribution in [0.4, 0.5) is 0 Å². The van der Waals surface area contributed by atoms with Gasteiger partial charge in [0.1, 0.15) is 5.69 Å². The van der Waals surface area contributed by atoms with Crippen LogP contribution in [0.3, 0.4) is 0 Å². The van der Waals surface area contributed by atoms with E-state index in [2.05, 4.69) is 4.98 Å². The molecule has 0 spiro atoms. The molecule has 0 aliphatic rings. The summed E-state index contributed by atoms with van der Waals surface area (Å²) in [6.45, 7) is 2.95. The van der Waals surface area contributed by atoms with Crippen molar-refractivity contribution >= 4 is 15.6 Å². The van der Waals surface area contributed by atoms with Gasteiger partial charge < -0.3 is 0 Å². The number of sulfone groups is 1. The lowest BCUT2D eigenvalue weighted by molar-refractivity contribution is 0.101. The van der Waals surface area contributed by atoms with Gasteiger partial charge in [-0.2, -0.15) is 0 Å². The Kier molecular flexibility index (Phi) is 3.00. The minimum absolute atomic E-state index is 0.0358. The quantitative estimate of drug-likeness (QED) is 0.705. The molecule has 0 aliphatic carbocycles. The molecular formula is C9H11NO3S. The predicted molar refractivity (Wildman–Crippen MR) is 52.0 cm³/mol. The zero-order chi connectivity index (χ0) is 10.8. The molecule has 0 saturated heterocycles. The number of carbonyl (C=O) groups is 1. The standard InChI is InChI=1S/C9H11NO3S/c1-3-14(12,13)8-4-5-9(7(2)11)10-6-8/h4-6H,3H2,1-2H3. The second-order valence-electron chi connectivity index (χ2n) is 2.84. The topological polar surface area (TPSA) is 64.1 Å². The van der Waals surface area contributed by atoms with Gasteiger partial charge in [0.15, 0.2) is 15.6 Å². The monoisotopic (exact) mass is 213 g/mol. The Hall–Kier alpha value is -1.23. The molecule has 1 aromatic rings. The van der Waals surface area contributed by atoms with Crippen molar-refractivity contribution in [2.24, 2.45) is 0 Å². The van der Waals surface area contributed by atoms with E-state index in [1.165, 1.54) is 25.3 Å². The van der Waals surface area contributed by atoms with Crippen LogP contribution in [0.25, 0.3) is 0 Å². The van der Waals surface area contributed by atoms with Crippen molar-refractivity contribution in [3.8, 4) is 0 Å². The molecule has 0 aliphatic heterocycles. The average Bonchev–Trinajstić information content (AvgIpc) is 2.18. The van der Waals surface area contributed by atoms with E-state index in [0.29, 0.717) is 0 Å². The van der Waals surface area contributed by atoms with E-state index in [4.69, 9.17) is 0 Å². The van der Waals surface area contributed by atoms with Crippen molar-refractivity contribution in [3.05, 3.63) is 24.0 Å². The molecule has 14 heavy (non-hydrogen) atoms. The SMILES string of the molecule is CCS(=O)(=O)c1ccc(C(C)=O)nc1. The fourth-order valence-electron chi connectivity index (χ4n) is 0.939. The number of hydrogen-bond acceptors (Lipinski definition) is 4. The van der Waals surface area contributed by atoms with Crippen LogP contribution in [-0.4, -0.2) is 24.9 Å². The Morgan fingerprint density at radius 2 is 2.07 bits per heavy atom. The number of aromatic nitrogens is 1. The lowest BCUT2D eigenvalue weighted by atomic mass is 10.3. The summed E-state index contributed by atoms with van der Waals surface area (Å²) in [7, 11) is -3.21. The number of hydrogen-bond donors (Lipinski definition) is 0. The van der Waals surface area contributed by atoms with Gasteiger partial charge in [-0.05, 0) is 12.1 Å². The number of Topliss-reactive ketones (excluding diaryl/α,β-unsaturated/α-hetero) is 1. The number of nitrogens with zero attached hydrogens (tertiary/aromatic N) is 1. The molecule has 1 rings (SSSR count). The van der Waals surface area contributed by atoms with Crippen LogP contribution in [0.15, 0.2) is 23.2 Å². The molecule has 0 N–H and O–H groups in total. The van der Waals surface area contributed by atoms with Crippen LogP contribution in [0, 0.1) is 0 Å². The Balaban J connectivity index is 3.12. The summed E-state index contributed by atoms with van der Waals surface area (Å²) >= 11 is 0. The van der Waals surface area contributed by atoms with Crippen molar-refractivity contribution in [2.75, 3.05) is 5.75 Å². The minimum atomic E-state index is -3.21. The van der Waals surface area contributed by atoms with Gasteiger partial charge in [0.25, 0.3) is 0 Å². The molecule has 5 heteroatoms. The summed E-state index contributed by atoms with van der Waals surface area (Å²) in [6, 6.07) is 2.83. The van der Waals surface area contributed by atoms with Crippen molar-refractivity contribution in [2.45, 2.75) is 18.7 Å². The molecule has 0 radical (unpaired) electrons. The van der Waals surface area contributed by atoms with Crippen LogP contribution in [-0.2, 0) is 9.84 Å². The Morgan fingerprint density at radius 3 is 2.43 bits per heavy atom. The van der Waals surface area contributed by atoms with E-state index in [1.807, 2.05) is 0 Å². The van der Waals surface area contributed by atoms with Gasteiger partial charge in [0, 0.05) is 13.1 Å². The van der Waals surface area contributed by atoms with Gasteiger partial charge >= 0.3 is 0 Å². The van der Waals surface area contributed by atoms with E-state index in [-0.39, 0.29) is 22.1 Å². The molecule has 0 aromatic carbocycles. The van der Waals surface area contributed by atoms with E-state index >= 15 is 0 Å². The first kappa shape index (κ1) is 10.8. The predicted octanol–water partition coefficient (Wildman–Crippen LogP) is 1.08. The number of ketones is 1. The lowest BCUT2D eigenvalue weighted by Gasteiger charge is -2.00. The maximum atomic E-state index is 11.4. The molecule has 4 nitrogen and oxygen atoms in total. The van der Waals surface area contributed by atoms with Gasteiger partial charge in [0.2, 0.25) is 0 Å². The van der Waals surface area contributed by atoms with Gasteiger partial charge in [-0.15, -0.1) is 0 Å². The van der Waals surface area contributed by atoms with E-state index in [1.54, 1.807) is 6.92 Å².